The number of imidazole rings is 1. The first kappa shape index (κ1) is 13.8. The van der Waals surface area contributed by atoms with E-state index in [4.69, 9.17) is 16.3 Å². The highest BCUT2D eigenvalue weighted by molar-refractivity contribution is 6.29. The molecule has 20 heavy (non-hydrogen) atoms. The molecule has 2 heterocycles. The van der Waals surface area contributed by atoms with Crippen molar-refractivity contribution in [2.24, 2.45) is 0 Å². The van der Waals surface area contributed by atoms with Crippen LogP contribution in [0.5, 0.6) is 0 Å². The van der Waals surface area contributed by atoms with Crippen LogP contribution >= 0.6 is 11.6 Å². The second-order valence-electron chi connectivity index (χ2n) is 5.29. The Morgan fingerprint density at radius 1 is 1.40 bits per heavy atom. The van der Waals surface area contributed by atoms with Crippen molar-refractivity contribution in [3.63, 3.8) is 0 Å². The summed E-state index contributed by atoms with van der Waals surface area (Å²) in [5.41, 5.74) is 3.99. The average molecular weight is 297 g/mol. The topological polar surface area (TPSA) is 67.5 Å². The third kappa shape index (κ3) is 2.11. The minimum absolute atomic E-state index is 0.208. The molecule has 6 heteroatoms. The van der Waals surface area contributed by atoms with Crippen molar-refractivity contribution in [3.8, 4) is 0 Å². The van der Waals surface area contributed by atoms with Gasteiger partial charge in [0.1, 0.15) is 12.3 Å². The van der Waals surface area contributed by atoms with Gasteiger partial charge in [-0.05, 0) is 48.7 Å². The van der Waals surface area contributed by atoms with Gasteiger partial charge in [-0.3, -0.25) is 4.57 Å². The summed E-state index contributed by atoms with van der Waals surface area (Å²) in [7, 11) is 0. The molecule has 0 aliphatic carbocycles. The molecule has 1 aromatic heterocycles. The number of aromatic nitrogens is 2. The van der Waals surface area contributed by atoms with Gasteiger partial charge in [-0.15, -0.1) is 0 Å². The Balaban J connectivity index is 2.08. The molecule has 3 unspecified atom stereocenters. The lowest BCUT2D eigenvalue weighted by Crippen LogP contribution is -2.24. The van der Waals surface area contributed by atoms with Gasteiger partial charge >= 0.3 is 0 Å². The van der Waals surface area contributed by atoms with E-state index in [0.29, 0.717) is 11.7 Å². The molecule has 1 aromatic carbocycles. The molecule has 0 radical (unpaired) electrons. The van der Waals surface area contributed by atoms with E-state index in [2.05, 4.69) is 4.98 Å². The molecular formula is C14H17ClN2O3. The SMILES string of the molecule is Cc1cc2nc(Cl)n(C3CC(O)C(CO)O3)c2cc1C. The quantitative estimate of drug-likeness (QED) is 0.889. The van der Waals surface area contributed by atoms with Crippen LogP contribution in [0.15, 0.2) is 12.1 Å². The lowest BCUT2D eigenvalue weighted by Gasteiger charge is -2.15. The lowest BCUT2D eigenvalue weighted by molar-refractivity contribution is -0.0429. The molecule has 5 nitrogen and oxygen atoms in total. The van der Waals surface area contributed by atoms with Crippen LogP contribution in [0.2, 0.25) is 5.28 Å². The fraction of sp³-hybridized carbons (Fsp3) is 0.500. The first-order valence-electron chi connectivity index (χ1n) is 6.60. The summed E-state index contributed by atoms with van der Waals surface area (Å²) in [6.07, 6.45) is -1.27. The Hall–Kier alpha value is -1.14. The van der Waals surface area contributed by atoms with Gasteiger partial charge in [0.25, 0.3) is 0 Å². The maximum absolute atomic E-state index is 9.86. The van der Waals surface area contributed by atoms with Gasteiger partial charge in [0, 0.05) is 6.42 Å². The van der Waals surface area contributed by atoms with Gasteiger partial charge in [0.05, 0.1) is 23.7 Å². The minimum Gasteiger partial charge on any atom is -0.394 e. The molecule has 0 saturated carbocycles. The normalized spacial score (nSPS) is 26.6. The first-order chi connectivity index (χ1) is 9.51. The Morgan fingerprint density at radius 2 is 2.10 bits per heavy atom. The van der Waals surface area contributed by atoms with Crippen LogP contribution in [0.4, 0.5) is 0 Å². The van der Waals surface area contributed by atoms with Crippen molar-refractivity contribution in [3.05, 3.63) is 28.5 Å². The Kier molecular flexibility index (Phi) is 3.46. The molecular weight excluding hydrogens is 280 g/mol. The molecule has 0 amide bonds. The number of hydrogen-bond donors (Lipinski definition) is 2. The molecule has 0 spiro atoms. The van der Waals surface area contributed by atoms with E-state index >= 15 is 0 Å². The number of rotatable bonds is 2. The molecule has 2 aromatic rings. The van der Waals surface area contributed by atoms with E-state index in [1.54, 1.807) is 4.57 Å². The van der Waals surface area contributed by atoms with Crippen LogP contribution in [0.3, 0.4) is 0 Å². The van der Waals surface area contributed by atoms with Gasteiger partial charge < -0.3 is 14.9 Å². The Labute approximate surface area is 121 Å². The van der Waals surface area contributed by atoms with Crippen LogP contribution in [0.25, 0.3) is 11.0 Å². The largest absolute Gasteiger partial charge is 0.394 e. The average Bonchev–Trinajstić information content (AvgIpc) is 2.90. The van der Waals surface area contributed by atoms with Crippen LogP contribution in [0.1, 0.15) is 23.8 Å². The number of aryl methyl sites for hydroxylation is 2. The van der Waals surface area contributed by atoms with Gasteiger partial charge in [0.2, 0.25) is 5.28 Å². The van der Waals surface area contributed by atoms with Gasteiger partial charge in [-0.2, -0.15) is 0 Å². The smallest absolute Gasteiger partial charge is 0.205 e. The molecule has 1 saturated heterocycles. The third-order valence-electron chi connectivity index (χ3n) is 3.93. The number of ether oxygens (including phenoxy) is 1. The van der Waals surface area contributed by atoms with E-state index < -0.39 is 18.4 Å². The molecule has 0 bridgehead atoms. The predicted molar refractivity (Wildman–Crippen MR) is 75.8 cm³/mol. The van der Waals surface area contributed by atoms with Gasteiger partial charge in [-0.25, -0.2) is 4.98 Å². The zero-order valence-corrected chi connectivity index (χ0v) is 12.1. The highest BCUT2D eigenvalue weighted by atomic mass is 35.5. The van der Waals surface area contributed by atoms with Gasteiger partial charge in [0.15, 0.2) is 0 Å². The van der Waals surface area contributed by atoms with E-state index in [1.165, 1.54) is 0 Å². The highest BCUT2D eigenvalue weighted by Crippen LogP contribution is 2.34. The fourth-order valence-corrected chi connectivity index (χ4v) is 2.92. The summed E-state index contributed by atoms with van der Waals surface area (Å²) in [6.45, 7) is 3.85. The second-order valence-corrected chi connectivity index (χ2v) is 5.63. The fourth-order valence-electron chi connectivity index (χ4n) is 2.63. The number of benzene rings is 1. The van der Waals surface area contributed by atoms with Crippen LogP contribution < -0.4 is 0 Å². The van der Waals surface area contributed by atoms with Crippen molar-refractivity contribution in [2.45, 2.75) is 38.7 Å². The first-order valence-corrected chi connectivity index (χ1v) is 6.98. The van der Waals surface area contributed by atoms with E-state index in [9.17, 15) is 10.2 Å². The molecule has 3 rings (SSSR count). The summed E-state index contributed by atoms with van der Waals surface area (Å²) in [5, 5.41) is 19.4. The summed E-state index contributed by atoms with van der Waals surface area (Å²) < 4.78 is 7.44. The summed E-state index contributed by atoms with van der Waals surface area (Å²) >= 11 is 6.22. The van der Waals surface area contributed by atoms with Crippen molar-refractivity contribution in [1.29, 1.82) is 0 Å². The second kappa shape index (κ2) is 5.00. The van der Waals surface area contributed by atoms with Crippen LogP contribution in [-0.2, 0) is 4.74 Å². The van der Waals surface area contributed by atoms with E-state index in [1.807, 2.05) is 26.0 Å². The Bertz CT molecular complexity index is 655. The van der Waals surface area contributed by atoms with E-state index in [-0.39, 0.29) is 6.61 Å². The molecule has 2 N–H and O–H groups in total. The lowest BCUT2D eigenvalue weighted by atomic mass is 10.1. The maximum atomic E-state index is 9.86. The predicted octanol–water partition coefficient (Wildman–Crippen LogP) is 1.95. The number of hydrogen-bond acceptors (Lipinski definition) is 4. The number of halogens is 1. The molecule has 1 fully saturated rings. The Morgan fingerprint density at radius 3 is 2.75 bits per heavy atom. The molecule has 3 atom stereocenters. The maximum Gasteiger partial charge on any atom is 0.205 e. The molecule has 1 aliphatic heterocycles. The summed E-state index contributed by atoms with van der Waals surface area (Å²) in [6, 6.07) is 4.01. The molecule has 108 valence electrons. The zero-order chi connectivity index (χ0) is 14.4. The summed E-state index contributed by atoms with van der Waals surface area (Å²) in [4.78, 5) is 4.34. The van der Waals surface area contributed by atoms with Gasteiger partial charge in [-0.1, -0.05) is 0 Å². The minimum atomic E-state index is -0.690. The highest BCUT2D eigenvalue weighted by Gasteiger charge is 2.36. The monoisotopic (exact) mass is 296 g/mol. The van der Waals surface area contributed by atoms with Crippen molar-refractivity contribution < 1.29 is 14.9 Å². The summed E-state index contributed by atoms with van der Waals surface area (Å²) in [5.74, 6) is 0. The zero-order valence-electron chi connectivity index (χ0n) is 11.4. The van der Waals surface area contributed by atoms with Crippen LogP contribution in [0, 0.1) is 13.8 Å². The van der Waals surface area contributed by atoms with Crippen LogP contribution in [-0.4, -0.2) is 38.6 Å². The number of aliphatic hydroxyl groups is 2. The standard InChI is InChI=1S/C14H17ClN2O3/c1-7-3-9-10(4-8(7)2)17(14(15)16-9)13-5-11(19)12(6-18)20-13/h3-4,11-13,18-19H,5-6H2,1-2H3. The molecule has 1 aliphatic rings. The van der Waals surface area contributed by atoms with Crippen molar-refractivity contribution >= 4 is 22.6 Å². The number of aliphatic hydroxyl groups excluding tert-OH is 2. The third-order valence-corrected chi connectivity index (χ3v) is 4.20. The van der Waals surface area contributed by atoms with Crippen molar-refractivity contribution in [2.75, 3.05) is 6.61 Å². The van der Waals surface area contributed by atoms with E-state index in [0.717, 1.165) is 22.2 Å². The number of nitrogens with zero attached hydrogens (tertiary/aromatic N) is 2. The number of fused-ring (bicyclic) bond motifs is 1. The van der Waals surface area contributed by atoms with Crippen molar-refractivity contribution in [1.82, 2.24) is 9.55 Å².